The quantitative estimate of drug-likeness (QED) is 0.801. The Morgan fingerprint density at radius 1 is 1.13 bits per heavy atom. The summed E-state index contributed by atoms with van der Waals surface area (Å²) in [4.78, 5) is 17.5. The van der Waals surface area contributed by atoms with Crippen LogP contribution in [0.2, 0.25) is 10.0 Å². The third-order valence-electron chi connectivity index (χ3n) is 5.18. The van der Waals surface area contributed by atoms with E-state index in [1.54, 1.807) is 0 Å². The van der Waals surface area contributed by atoms with Crippen molar-refractivity contribution in [3.63, 3.8) is 0 Å². The monoisotopic (exact) mass is 354 g/mol. The van der Waals surface area contributed by atoms with Gasteiger partial charge in [0.2, 0.25) is 5.91 Å². The van der Waals surface area contributed by atoms with Gasteiger partial charge >= 0.3 is 0 Å². The van der Waals surface area contributed by atoms with Gasteiger partial charge in [-0.15, -0.1) is 0 Å². The van der Waals surface area contributed by atoms with Gasteiger partial charge in [-0.05, 0) is 56.3 Å². The lowest BCUT2D eigenvalue weighted by atomic mass is 9.85. The highest BCUT2D eigenvalue weighted by Gasteiger charge is 2.50. The minimum absolute atomic E-state index is 0.292. The summed E-state index contributed by atoms with van der Waals surface area (Å²) in [5.41, 5.74) is 0.834. The topological polar surface area (TPSA) is 23.6 Å². The lowest BCUT2D eigenvalue weighted by Crippen LogP contribution is -2.59. The number of carbonyl (C=O) groups excluding carboxylic acids is 1. The molecular weight excluding hydrogens is 331 g/mol. The molecule has 2 aliphatic heterocycles. The first-order valence-electron chi connectivity index (χ1n) is 8.55. The van der Waals surface area contributed by atoms with Crippen molar-refractivity contribution in [3.05, 3.63) is 33.8 Å². The van der Waals surface area contributed by atoms with Crippen LogP contribution in [-0.2, 0) is 11.3 Å². The van der Waals surface area contributed by atoms with Gasteiger partial charge in [0.15, 0.2) is 0 Å². The summed E-state index contributed by atoms with van der Waals surface area (Å²) in [6, 6.07) is 5.78. The van der Waals surface area contributed by atoms with Gasteiger partial charge in [0, 0.05) is 19.6 Å². The number of amides is 1. The molecule has 0 saturated carbocycles. The molecule has 1 aromatic rings. The fourth-order valence-electron chi connectivity index (χ4n) is 4.10. The predicted octanol–water partition coefficient (Wildman–Crippen LogP) is 4.36. The maximum absolute atomic E-state index is 13.1. The molecule has 126 valence electrons. The molecule has 2 fully saturated rings. The Morgan fingerprint density at radius 3 is 2.57 bits per heavy atom. The smallest absolute Gasteiger partial charge is 0.243 e. The molecule has 23 heavy (non-hydrogen) atoms. The highest BCUT2D eigenvalue weighted by molar-refractivity contribution is 6.42. The second kappa shape index (κ2) is 7.00. The molecule has 1 aromatic carbocycles. The van der Waals surface area contributed by atoms with Crippen LogP contribution in [0.3, 0.4) is 0 Å². The number of carbonyl (C=O) groups is 1. The van der Waals surface area contributed by atoms with Crippen molar-refractivity contribution in [2.75, 3.05) is 19.6 Å². The molecule has 0 aromatic heterocycles. The maximum Gasteiger partial charge on any atom is 0.243 e. The van der Waals surface area contributed by atoms with Crippen LogP contribution in [0.15, 0.2) is 18.2 Å². The van der Waals surface area contributed by atoms with Crippen LogP contribution in [0.1, 0.15) is 44.6 Å². The second-order valence-corrected chi connectivity index (χ2v) is 7.52. The van der Waals surface area contributed by atoms with Gasteiger partial charge in [-0.2, -0.15) is 0 Å². The van der Waals surface area contributed by atoms with E-state index in [9.17, 15) is 4.79 Å². The minimum atomic E-state index is -0.292. The summed E-state index contributed by atoms with van der Waals surface area (Å²) in [5.74, 6) is 0.336. The summed E-state index contributed by atoms with van der Waals surface area (Å²) in [7, 11) is 0. The lowest BCUT2D eigenvalue weighted by Gasteiger charge is -2.44. The maximum atomic E-state index is 13.1. The summed E-state index contributed by atoms with van der Waals surface area (Å²) < 4.78 is 0. The van der Waals surface area contributed by atoms with Gasteiger partial charge in [0.05, 0.1) is 10.0 Å². The van der Waals surface area contributed by atoms with E-state index >= 15 is 0 Å². The van der Waals surface area contributed by atoms with E-state index in [-0.39, 0.29) is 5.54 Å². The third-order valence-corrected chi connectivity index (χ3v) is 5.92. The lowest BCUT2D eigenvalue weighted by molar-refractivity contribution is -0.147. The number of hydrogen-bond donors (Lipinski definition) is 0. The van der Waals surface area contributed by atoms with E-state index in [0.29, 0.717) is 16.0 Å². The van der Waals surface area contributed by atoms with Gasteiger partial charge in [0.1, 0.15) is 5.54 Å². The molecule has 5 heteroatoms. The van der Waals surface area contributed by atoms with Gasteiger partial charge < -0.3 is 4.90 Å². The largest absolute Gasteiger partial charge is 0.341 e. The van der Waals surface area contributed by atoms with Gasteiger partial charge in [-0.25, -0.2) is 0 Å². The number of hydrogen-bond acceptors (Lipinski definition) is 2. The van der Waals surface area contributed by atoms with E-state index in [1.165, 1.54) is 0 Å². The molecule has 0 radical (unpaired) electrons. The van der Waals surface area contributed by atoms with Gasteiger partial charge in [0.25, 0.3) is 0 Å². The van der Waals surface area contributed by atoms with Crippen LogP contribution in [0.5, 0.6) is 0 Å². The Morgan fingerprint density at radius 2 is 1.87 bits per heavy atom. The Labute approximate surface area is 148 Å². The number of benzene rings is 1. The highest BCUT2D eigenvalue weighted by Crippen LogP contribution is 2.39. The van der Waals surface area contributed by atoms with E-state index < -0.39 is 0 Å². The highest BCUT2D eigenvalue weighted by atomic mass is 35.5. The van der Waals surface area contributed by atoms with E-state index in [4.69, 9.17) is 23.2 Å². The van der Waals surface area contributed by atoms with Crippen molar-refractivity contribution in [2.45, 2.75) is 51.1 Å². The zero-order valence-corrected chi connectivity index (χ0v) is 15.2. The molecule has 1 unspecified atom stereocenters. The molecule has 3 nitrogen and oxygen atoms in total. The summed E-state index contributed by atoms with van der Waals surface area (Å²) in [5, 5.41) is 1.16. The van der Waals surface area contributed by atoms with Crippen LogP contribution in [0, 0.1) is 0 Å². The molecule has 0 aliphatic carbocycles. The first kappa shape index (κ1) is 17.1. The molecule has 1 amide bonds. The van der Waals surface area contributed by atoms with Crippen molar-refractivity contribution < 1.29 is 4.79 Å². The van der Waals surface area contributed by atoms with Crippen molar-refractivity contribution in [1.29, 1.82) is 0 Å². The second-order valence-electron chi connectivity index (χ2n) is 6.70. The van der Waals surface area contributed by atoms with Gasteiger partial charge in [-0.1, -0.05) is 36.2 Å². The van der Waals surface area contributed by atoms with Crippen LogP contribution >= 0.6 is 23.2 Å². The molecular formula is C18H24Cl2N2O. The zero-order chi connectivity index (χ0) is 16.4. The summed E-state index contributed by atoms with van der Waals surface area (Å²) >= 11 is 12.2. The Balaban J connectivity index is 1.81. The molecule has 0 N–H and O–H groups in total. The van der Waals surface area contributed by atoms with Crippen molar-refractivity contribution >= 4 is 29.1 Å². The summed E-state index contributed by atoms with van der Waals surface area (Å²) in [6.07, 6.45) is 5.17. The van der Waals surface area contributed by atoms with Crippen LogP contribution < -0.4 is 0 Å². The van der Waals surface area contributed by atoms with Crippen LogP contribution in [0.25, 0.3) is 0 Å². The fraction of sp³-hybridized carbons (Fsp3) is 0.611. The number of likely N-dealkylation sites (tertiary alicyclic amines) is 2. The van der Waals surface area contributed by atoms with Crippen LogP contribution in [0.4, 0.5) is 0 Å². The Bertz CT molecular complexity index is 590. The Hall–Kier alpha value is -0.770. The molecule has 1 spiro atoms. The van der Waals surface area contributed by atoms with Crippen LogP contribution in [-0.4, -0.2) is 40.9 Å². The number of rotatable bonds is 4. The van der Waals surface area contributed by atoms with E-state index in [2.05, 4.69) is 16.7 Å². The van der Waals surface area contributed by atoms with Crippen molar-refractivity contribution in [1.82, 2.24) is 9.80 Å². The first-order chi connectivity index (χ1) is 11.1. The fourth-order valence-corrected chi connectivity index (χ4v) is 4.42. The number of halogens is 2. The number of piperidine rings is 1. The third kappa shape index (κ3) is 3.24. The minimum Gasteiger partial charge on any atom is -0.341 e. The molecule has 0 bridgehead atoms. The average Bonchev–Trinajstić information content (AvgIpc) is 2.92. The SMILES string of the molecule is CCCN1CCCC2(CCCN2Cc2ccc(Cl)c(Cl)c2)C1=O. The standard InChI is InChI=1S/C18H24Cl2N2O/c1-2-9-21-10-3-7-18(17(21)23)8-4-11-22(18)13-14-5-6-15(19)16(20)12-14/h5-6,12H,2-4,7-11,13H2,1H3. The normalized spacial score (nSPS) is 25.5. The molecule has 2 saturated heterocycles. The summed E-state index contributed by atoms with van der Waals surface area (Å²) in [6.45, 7) is 5.67. The average molecular weight is 355 g/mol. The molecule has 3 rings (SSSR count). The Kier molecular flexibility index (Phi) is 5.19. The number of nitrogens with zero attached hydrogens (tertiary/aromatic N) is 2. The first-order valence-corrected chi connectivity index (χ1v) is 9.31. The van der Waals surface area contributed by atoms with E-state index in [1.807, 2.05) is 18.2 Å². The van der Waals surface area contributed by atoms with Crippen molar-refractivity contribution in [3.8, 4) is 0 Å². The molecule has 2 heterocycles. The zero-order valence-electron chi connectivity index (χ0n) is 13.7. The van der Waals surface area contributed by atoms with E-state index in [0.717, 1.165) is 63.8 Å². The molecule has 1 atom stereocenters. The predicted molar refractivity (Wildman–Crippen MR) is 94.9 cm³/mol. The van der Waals surface area contributed by atoms with Gasteiger partial charge in [-0.3, -0.25) is 9.69 Å². The van der Waals surface area contributed by atoms with Crippen molar-refractivity contribution in [2.24, 2.45) is 0 Å². The molecule has 2 aliphatic rings.